The Morgan fingerprint density at radius 1 is 1.06 bits per heavy atom. The van der Waals surface area contributed by atoms with Crippen molar-refractivity contribution in [1.82, 2.24) is 4.90 Å². The SMILES string of the molecule is CCC.CN(C)CCCc1ccc(F)cc1. The van der Waals surface area contributed by atoms with E-state index in [4.69, 9.17) is 0 Å². The zero-order chi connectivity index (χ0) is 12.4. The molecule has 0 heterocycles. The lowest BCUT2D eigenvalue weighted by atomic mass is 10.1. The molecule has 1 aromatic carbocycles. The Kier molecular flexibility index (Phi) is 8.82. The fraction of sp³-hybridized carbons (Fsp3) is 0.571. The summed E-state index contributed by atoms with van der Waals surface area (Å²) in [5.74, 6) is -0.156. The Labute approximate surface area is 99.3 Å². The third-order valence-corrected chi connectivity index (χ3v) is 1.98. The van der Waals surface area contributed by atoms with Gasteiger partial charge < -0.3 is 4.90 Å². The Hall–Kier alpha value is -0.890. The van der Waals surface area contributed by atoms with Gasteiger partial charge in [0.05, 0.1) is 0 Å². The first-order valence-corrected chi connectivity index (χ1v) is 5.99. The molecule has 0 spiro atoms. The molecule has 0 radical (unpaired) electrons. The van der Waals surface area contributed by atoms with E-state index in [1.54, 1.807) is 0 Å². The summed E-state index contributed by atoms with van der Waals surface area (Å²) < 4.78 is 12.5. The first kappa shape index (κ1) is 15.1. The van der Waals surface area contributed by atoms with E-state index in [2.05, 4.69) is 32.8 Å². The van der Waals surface area contributed by atoms with Gasteiger partial charge in [-0.3, -0.25) is 0 Å². The van der Waals surface area contributed by atoms with Crippen molar-refractivity contribution in [3.05, 3.63) is 35.6 Å². The van der Waals surface area contributed by atoms with E-state index in [0.29, 0.717) is 0 Å². The summed E-state index contributed by atoms with van der Waals surface area (Å²) in [5.41, 5.74) is 1.21. The quantitative estimate of drug-likeness (QED) is 0.754. The molecular weight excluding hydrogens is 201 g/mol. The van der Waals surface area contributed by atoms with Crippen molar-refractivity contribution in [2.45, 2.75) is 33.1 Å². The summed E-state index contributed by atoms with van der Waals surface area (Å²) in [4.78, 5) is 2.16. The molecular formula is C14H24FN. The fourth-order valence-electron chi connectivity index (χ4n) is 1.25. The van der Waals surface area contributed by atoms with Gasteiger partial charge in [0, 0.05) is 0 Å². The van der Waals surface area contributed by atoms with Crippen molar-refractivity contribution >= 4 is 0 Å². The van der Waals surface area contributed by atoms with Crippen LogP contribution in [0.25, 0.3) is 0 Å². The number of benzene rings is 1. The van der Waals surface area contributed by atoms with Crippen molar-refractivity contribution in [1.29, 1.82) is 0 Å². The van der Waals surface area contributed by atoms with Crippen LogP contribution in [-0.2, 0) is 6.42 Å². The molecule has 92 valence electrons. The molecule has 0 atom stereocenters. The highest BCUT2D eigenvalue weighted by atomic mass is 19.1. The van der Waals surface area contributed by atoms with Crippen LogP contribution in [0.1, 0.15) is 32.3 Å². The third-order valence-electron chi connectivity index (χ3n) is 1.98. The summed E-state index contributed by atoms with van der Waals surface area (Å²) in [6.45, 7) is 5.33. The average Bonchev–Trinajstić information content (AvgIpc) is 2.22. The van der Waals surface area contributed by atoms with Crippen molar-refractivity contribution in [3.8, 4) is 0 Å². The molecule has 0 aliphatic rings. The molecule has 0 aliphatic heterocycles. The lowest BCUT2D eigenvalue weighted by molar-refractivity contribution is 0.400. The predicted molar refractivity (Wildman–Crippen MR) is 69.2 cm³/mol. The summed E-state index contributed by atoms with van der Waals surface area (Å²) in [6, 6.07) is 6.74. The highest BCUT2D eigenvalue weighted by Crippen LogP contribution is 2.05. The second-order valence-corrected chi connectivity index (χ2v) is 4.24. The van der Waals surface area contributed by atoms with Crippen LogP contribution in [0.3, 0.4) is 0 Å². The van der Waals surface area contributed by atoms with Crippen LogP contribution in [0.2, 0.25) is 0 Å². The normalized spacial score (nSPS) is 9.88. The van der Waals surface area contributed by atoms with Gasteiger partial charge in [-0.25, -0.2) is 4.39 Å². The molecule has 0 aliphatic carbocycles. The molecule has 0 amide bonds. The second-order valence-electron chi connectivity index (χ2n) is 4.24. The van der Waals surface area contributed by atoms with Crippen molar-refractivity contribution in [2.24, 2.45) is 0 Å². The molecule has 1 rings (SSSR count). The van der Waals surface area contributed by atoms with Crippen LogP contribution < -0.4 is 0 Å². The zero-order valence-electron chi connectivity index (χ0n) is 11.0. The highest BCUT2D eigenvalue weighted by molar-refractivity contribution is 5.15. The fourth-order valence-corrected chi connectivity index (χ4v) is 1.25. The molecule has 2 heteroatoms. The summed E-state index contributed by atoms with van der Waals surface area (Å²) in [6.07, 6.45) is 3.40. The van der Waals surface area contributed by atoms with Gasteiger partial charge in [0.1, 0.15) is 5.82 Å². The van der Waals surface area contributed by atoms with Crippen LogP contribution in [0, 0.1) is 5.82 Å². The summed E-state index contributed by atoms with van der Waals surface area (Å²) >= 11 is 0. The Balaban J connectivity index is 0.000000673. The Bertz CT molecular complexity index is 254. The van der Waals surface area contributed by atoms with Crippen LogP contribution in [-0.4, -0.2) is 25.5 Å². The third kappa shape index (κ3) is 8.42. The second kappa shape index (κ2) is 9.34. The maximum absolute atomic E-state index is 12.5. The van der Waals surface area contributed by atoms with Crippen LogP contribution in [0.15, 0.2) is 24.3 Å². The van der Waals surface area contributed by atoms with Crippen molar-refractivity contribution < 1.29 is 4.39 Å². The van der Waals surface area contributed by atoms with Gasteiger partial charge in [-0.1, -0.05) is 32.4 Å². The van der Waals surface area contributed by atoms with Gasteiger partial charge in [-0.2, -0.15) is 0 Å². The molecule has 0 aromatic heterocycles. The number of aryl methyl sites for hydroxylation is 1. The molecule has 1 nitrogen and oxygen atoms in total. The Morgan fingerprint density at radius 3 is 2.00 bits per heavy atom. The lowest BCUT2D eigenvalue weighted by Gasteiger charge is -2.08. The molecule has 0 unspecified atom stereocenters. The van der Waals surface area contributed by atoms with Crippen LogP contribution in [0.5, 0.6) is 0 Å². The lowest BCUT2D eigenvalue weighted by Crippen LogP contribution is -2.13. The molecule has 0 N–H and O–H groups in total. The smallest absolute Gasteiger partial charge is 0.123 e. The maximum Gasteiger partial charge on any atom is 0.123 e. The monoisotopic (exact) mass is 225 g/mol. The van der Waals surface area contributed by atoms with Gasteiger partial charge >= 0.3 is 0 Å². The minimum Gasteiger partial charge on any atom is -0.309 e. The molecule has 0 saturated heterocycles. The predicted octanol–water partition coefficient (Wildman–Crippen LogP) is 3.74. The number of rotatable bonds is 4. The number of halogens is 1. The minimum atomic E-state index is -0.156. The highest BCUT2D eigenvalue weighted by Gasteiger charge is 1.95. The number of nitrogens with zero attached hydrogens (tertiary/aromatic N) is 1. The molecule has 0 saturated carbocycles. The molecule has 0 fully saturated rings. The summed E-state index contributed by atoms with van der Waals surface area (Å²) in [5, 5.41) is 0. The molecule has 16 heavy (non-hydrogen) atoms. The number of hydrogen-bond donors (Lipinski definition) is 0. The van der Waals surface area contributed by atoms with Crippen LogP contribution in [0.4, 0.5) is 4.39 Å². The first-order valence-electron chi connectivity index (χ1n) is 5.99. The van der Waals surface area contributed by atoms with Gasteiger partial charge in [0.2, 0.25) is 0 Å². The van der Waals surface area contributed by atoms with E-state index in [1.165, 1.54) is 24.1 Å². The number of hydrogen-bond acceptors (Lipinski definition) is 1. The van der Waals surface area contributed by atoms with E-state index in [9.17, 15) is 4.39 Å². The van der Waals surface area contributed by atoms with Crippen LogP contribution >= 0.6 is 0 Å². The first-order chi connectivity index (χ1) is 7.60. The topological polar surface area (TPSA) is 3.24 Å². The minimum absolute atomic E-state index is 0.156. The average molecular weight is 225 g/mol. The maximum atomic E-state index is 12.5. The van der Waals surface area contributed by atoms with Gasteiger partial charge in [-0.05, 0) is 51.2 Å². The van der Waals surface area contributed by atoms with Crippen molar-refractivity contribution in [3.63, 3.8) is 0 Å². The van der Waals surface area contributed by atoms with E-state index in [0.717, 1.165) is 19.4 Å². The van der Waals surface area contributed by atoms with E-state index in [-0.39, 0.29) is 5.82 Å². The van der Waals surface area contributed by atoms with E-state index < -0.39 is 0 Å². The van der Waals surface area contributed by atoms with Gasteiger partial charge in [0.25, 0.3) is 0 Å². The van der Waals surface area contributed by atoms with E-state index >= 15 is 0 Å². The summed E-state index contributed by atoms with van der Waals surface area (Å²) in [7, 11) is 4.12. The largest absolute Gasteiger partial charge is 0.309 e. The van der Waals surface area contributed by atoms with Gasteiger partial charge in [-0.15, -0.1) is 0 Å². The van der Waals surface area contributed by atoms with Gasteiger partial charge in [0.15, 0.2) is 0 Å². The standard InChI is InChI=1S/C11H16FN.C3H8/c1-13(2)9-3-4-10-5-7-11(12)8-6-10;1-3-2/h5-8H,3-4,9H2,1-2H3;3H2,1-2H3. The zero-order valence-corrected chi connectivity index (χ0v) is 11.0. The Morgan fingerprint density at radius 2 is 1.56 bits per heavy atom. The molecule has 0 bridgehead atoms. The van der Waals surface area contributed by atoms with Crippen molar-refractivity contribution in [2.75, 3.05) is 20.6 Å². The van der Waals surface area contributed by atoms with E-state index in [1.807, 2.05) is 12.1 Å². The molecule has 1 aromatic rings.